The summed E-state index contributed by atoms with van der Waals surface area (Å²) in [5.74, 6) is 1.87. The lowest BCUT2D eigenvalue weighted by Crippen LogP contribution is -2.49. The van der Waals surface area contributed by atoms with Gasteiger partial charge in [0.2, 0.25) is 0 Å². The van der Waals surface area contributed by atoms with E-state index >= 15 is 0 Å². The van der Waals surface area contributed by atoms with Crippen molar-refractivity contribution in [3.63, 3.8) is 0 Å². The van der Waals surface area contributed by atoms with E-state index in [9.17, 15) is 9.50 Å². The van der Waals surface area contributed by atoms with E-state index in [0.29, 0.717) is 12.4 Å². The summed E-state index contributed by atoms with van der Waals surface area (Å²) in [6.45, 7) is 8.95. The summed E-state index contributed by atoms with van der Waals surface area (Å²) in [5.41, 5.74) is 5.36. The van der Waals surface area contributed by atoms with E-state index in [1.165, 1.54) is 0 Å². The van der Waals surface area contributed by atoms with Crippen molar-refractivity contribution in [2.75, 3.05) is 32.9 Å². The molecule has 0 saturated carbocycles. The minimum absolute atomic E-state index is 0.187. The van der Waals surface area contributed by atoms with E-state index in [1.807, 2.05) is 50.3 Å². The summed E-state index contributed by atoms with van der Waals surface area (Å²) < 4.78 is 24.9. The molecule has 1 atom stereocenters. The van der Waals surface area contributed by atoms with Crippen LogP contribution in [0.5, 0.6) is 17.2 Å². The summed E-state index contributed by atoms with van der Waals surface area (Å²) >= 11 is 0. The number of hydrogen-bond donors (Lipinski definition) is 1. The van der Waals surface area contributed by atoms with Crippen molar-refractivity contribution in [3.05, 3.63) is 83.0 Å². The zero-order valence-electron chi connectivity index (χ0n) is 19.6. The standard InChI is InChI=1S/C28H32FNO3/c1-4-6-21(5-2)27-19(3)25-12-9-23(31)15-26(25)33-28(27)22-7-10-24(11-8-22)32-14-13-30-17-20(16-29)18-30/h4-12,15,20,28,31H,13-14,16-18H2,1-3H3/b6-4-,21-5+/t28-/m1/s1. The van der Waals surface area contributed by atoms with Crippen LogP contribution in [0.15, 0.2) is 71.8 Å². The predicted octanol–water partition coefficient (Wildman–Crippen LogP) is 6.10. The molecule has 1 saturated heterocycles. The third-order valence-corrected chi connectivity index (χ3v) is 6.36. The van der Waals surface area contributed by atoms with Gasteiger partial charge >= 0.3 is 0 Å². The summed E-state index contributed by atoms with van der Waals surface area (Å²) in [4.78, 5) is 2.21. The van der Waals surface area contributed by atoms with Crippen LogP contribution >= 0.6 is 0 Å². The van der Waals surface area contributed by atoms with Gasteiger partial charge in [0, 0.05) is 42.8 Å². The number of phenolic OH excluding ortho intramolecular Hbond substituents is 1. The molecule has 174 valence electrons. The second kappa shape index (κ2) is 10.3. The van der Waals surface area contributed by atoms with E-state index in [2.05, 4.69) is 24.0 Å². The number of phenols is 1. The molecule has 2 aromatic rings. The highest BCUT2D eigenvalue weighted by molar-refractivity contribution is 5.79. The van der Waals surface area contributed by atoms with Crippen LogP contribution < -0.4 is 9.47 Å². The number of likely N-dealkylation sites (tertiary alicyclic amines) is 1. The number of hydrogen-bond acceptors (Lipinski definition) is 4. The summed E-state index contributed by atoms with van der Waals surface area (Å²) in [6.07, 6.45) is 5.93. The second-order valence-corrected chi connectivity index (χ2v) is 8.66. The van der Waals surface area contributed by atoms with Crippen molar-refractivity contribution in [3.8, 4) is 17.2 Å². The number of fused-ring (bicyclic) bond motifs is 1. The van der Waals surface area contributed by atoms with Crippen molar-refractivity contribution in [1.82, 2.24) is 4.90 Å². The van der Waals surface area contributed by atoms with Gasteiger partial charge in [0.05, 0.1) is 6.67 Å². The number of halogens is 1. The number of aromatic hydroxyl groups is 1. The largest absolute Gasteiger partial charge is 0.508 e. The lowest BCUT2D eigenvalue weighted by molar-refractivity contribution is 0.0668. The molecule has 33 heavy (non-hydrogen) atoms. The number of rotatable bonds is 8. The zero-order valence-corrected chi connectivity index (χ0v) is 19.6. The van der Waals surface area contributed by atoms with Gasteiger partial charge in [-0.15, -0.1) is 0 Å². The molecular weight excluding hydrogens is 417 g/mol. The molecule has 1 N–H and O–H groups in total. The van der Waals surface area contributed by atoms with E-state index in [1.54, 1.807) is 12.1 Å². The highest BCUT2D eigenvalue weighted by Gasteiger charge is 2.30. The van der Waals surface area contributed by atoms with Crippen molar-refractivity contribution in [1.29, 1.82) is 0 Å². The first-order chi connectivity index (χ1) is 16.0. The van der Waals surface area contributed by atoms with Gasteiger partial charge in [-0.3, -0.25) is 9.29 Å². The number of benzene rings is 2. The van der Waals surface area contributed by atoms with Crippen LogP contribution in [0.2, 0.25) is 0 Å². The van der Waals surface area contributed by atoms with Crippen LogP contribution in [0.1, 0.15) is 38.0 Å². The molecule has 0 amide bonds. The van der Waals surface area contributed by atoms with Crippen LogP contribution in [0.4, 0.5) is 4.39 Å². The van der Waals surface area contributed by atoms with Gasteiger partial charge in [0.15, 0.2) is 0 Å². The molecule has 0 radical (unpaired) electrons. The second-order valence-electron chi connectivity index (χ2n) is 8.66. The lowest BCUT2D eigenvalue weighted by atomic mass is 9.85. The number of nitrogens with zero attached hydrogens (tertiary/aromatic N) is 1. The fraction of sp³-hybridized carbons (Fsp3) is 0.357. The Balaban J connectivity index is 1.54. The number of ether oxygens (including phenoxy) is 2. The van der Waals surface area contributed by atoms with Crippen LogP contribution in [0, 0.1) is 5.92 Å². The van der Waals surface area contributed by atoms with E-state index in [0.717, 1.165) is 53.2 Å². The Bertz CT molecular complexity index is 1070. The molecule has 5 heteroatoms. The first kappa shape index (κ1) is 23.1. The van der Waals surface area contributed by atoms with Crippen molar-refractivity contribution in [2.45, 2.75) is 26.9 Å². The van der Waals surface area contributed by atoms with E-state index in [-0.39, 0.29) is 24.4 Å². The molecule has 2 heterocycles. The highest BCUT2D eigenvalue weighted by atomic mass is 19.1. The summed E-state index contributed by atoms with van der Waals surface area (Å²) in [7, 11) is 0. The minimum Gasteiger partial charge on any atom is -0.508 e. The normalized spacial score (nSPS) is 19.4. The van der Waals surface area contributed by atoms with Crippen LogP contribution in [-0.4, -0.2) is 42.9 Å². The average molecular weight is 450 g/mol. The smallest absolute Gasteiger partial charge is 0.150 e. The molecular formula is C28H32FNO3. The fourth-order valence-corrected chi connectivity index (χ4v) is 4.56. The summed E-state index contributed by atoms with van der Waals surface area (Å²) in [6, 6.07) is 13.3. The number of allylic oxidation sites excluding steroid dienone is 4. The van der Waals surface area contributed by atoms with Gasteiger partial charge in [-0.1, -0.05) is 30.4 Å². The third kappa shape index (κ3) is 4.98. The van der Waals surface area contributed by atoms with Crippen LogP contribution in [0.25, 0.3) is 5.57 Å². The highest BCUT2D eigenvalue weighted by Crippen LogP contribution is 2.46. The molecule has 1 fully saturated rings. The maximum atomic E-state index is 12.6. The Morgan fingerprint density at radius 2 is 1.94 bits per heavy atom. The molecule has 4 rings (SSSR count). The van der Waals surface area contributed by atoms with Gasteiger partial charge in [0.25, 0.3) is 0 Å². The molecule has 0 spiro atoms. The van der Waals surface area contributed by atoms with E-state index in [4.69, 9.17) is 9.47 Å². The quantitative estimate of drug-likeness (QED) is 0.494. The molecule has 2 aliphatic heterocycles. The maximum absolute atomic E-state index is 12.6. The zero-order chi connectivity index (χ0) is 23.4. The molecule has 0 bridgehead atoms. The van der Waals surface area contributed by atoms with Gasteiger partial charge in [0.1, 0.15) is 30.0 Å². The lowest BCUT2D eigenvalue weighted by Gasteiger charge is -2.37. The van der Waals surface area contributed by atoms with Crippen LogP contribution in [0.3, 0.4) is 0 Å². The minimum atomic E-state index is -0.297. The molecule has 4 nitrogen and oxygen atoms in total. The Labute approximate surface area is 195 Å². The molecule has 0 aliphatic carbocycles. The van der Waals surface area contributed by atoms with E-state index < -0.39 is 0 Å². The van der Waals surface area contributed by atoms with Gasteiger partial charge in [-0.05, 0) is 61.7 Å². The third-order valence-electron chi connectivity index (χ3n) is 6.36. The molecule has 2 aromatic carbocycles. The monoisotopic (exact) mass is 449 g/mol. The van der Waals surface area contributed by atoms with Gasteiger partial charge in [-0.25, -0.2) is 0 Å². The van der Waals surface area contributed by atoms with Gasteiger partial charge < -0.3 is 14.6 Å². The molecule has 0 unspecified atom stereocenters. The molecule has 2 aliphatic rings. The fourth-order valence-electron chi connectivity index (χ4n) is 4.56. The summed E-state index contributed by atoms with van der Waals surface area (Å²) in [5, 5.41) is 9.99. The Kier molecular flexibility index (Phi) is 7.19. The first-order valence-electron chi connectivity index (χ1n) is 11.5. The van der Waals surface area contributed by atoms with Crippen molar-refractivity contribution < 1.29 is 19.0 Å². The van der Waals surface area contributed by atoms with Crippen molar-refractivity contribution in [2.24, 2.45) is 5.92 Å². The Hall–Kier alpha value is -3.05. The Morgan fingerprint density at radius 3 is 2.61 bits per heavy atom. The predicted molar refractivity (Wildman–Crippen MR) is 130 cm³/mol. The van der Waals surface area contributed by atoms with Gasteiger partial charge in [-0.2, -0.15) is 0 Å². The topological polar surface area (TPSA) is 41.9 Å². The Morgan fingerprint density at radius 1 is 1.18 bits per heavy atom. The van der Waals surface area contributed by atoms with Crippen molar-refractivity contribution >= 4 is 5.57 Å². The average Bonchev–Trinajstić information content (AvgIpc) is 2.79. The number of alkyl halides is 1. The van der Waals surface area contributed by atoms with Crippen LogP contribution in [-0.2, 0) is 0 Å². The SMILES string of the molecule is C/C=C\C(=C/C)C1=C(C)c2ccc(O)cc2O[C@@H]1c1ccc(OCCN2CC(CF)C2)cc1. The first-order valence-corrected chi connectivity index (χ1v) is 11.5. The maximum Gasteiger partial charge on any atom is 0.150 e. The molecule has 0 aromatic heterocycles.